The number of ether oxygens (including phenoxy) is 2. The molecule has 5 nitrogen and oxygen atoms in total. The van der Waals surface area contributed by atoms with E-state index in [-0.39, 0.29) is 24.0 Å². The summed E-state index contributed by atoms with van der Waals surface area (Å²) >= 11 is 0. The van der Waals surface area contributed by atoms with Crippen LogP contribution >= 0.6 is 24.0 Å². The summed E-state index contributed by atoms with van der Waals surface area (Å²) < 4.78 is 11.9. The van der Waals surface area contributed by atoms with Crippen LogP contribution in [0.1, 0.15) is 37.7 Å². The third-order valence-electron chi connectivity index (χ3n) is 6.26. The Morgan fingerprint density at radius 2 is 1.90 bits per heavy atom. The fourth-order valence-corrected chi connectivity index (χ4v) is 4.46. The predicted molar refractivity (Wildman–Crippen MR) is 139 cm³/mol. The molecule has 31 heavy (non-hydrogen) atoms. The lowest BCUT2D eigenvalue weighted by Gasteiger charge is -2.35. The number of aliphatic imine (C=N–C) groups is 1. The van der Waals surface area contributed by atoms with Crippen molar-refractivity contribution in [2.45, 2.75) is 50.7 Å². The van der Waals surface area contributed by atoms with Crippen LogP contribution in [0.2, 0.25) is 0 Å². The molecule has 0 aliphatic carbocycles. The average molecular weight is 537 g/mol. The van der Waals surface area contributed by atoms with E-state index in [1.807, 2.05) is 7.05 Å². The van der Waals surface area contributed by atoms with Gasteiger partial charge >= 0.3 is 0 Å². The molecule has 1 unspecified atom stereocenters. The summed E-state index contributed by atoms with van der Waals surface area (Å²) in [4.78, 5) is 6.87. The Morgan fingerprint density at radius 1 is 1.10 bits per heavy atom. The van der Waals surface area contributed by atoms with Crippen molar-refractivity contribution in [3.05, 3.63) is 48.0 Å². The molecule has 2 fully saturated rings. The molecule has 0 amide bonds. The van der Waals surface area contributed by atoms with Crippen LogP contribution < -0.4 is 5.32 Å². The standard InChI is InChI=1S/C25H35N3O2.HI/c1-26-25(27-14-11-20-9-10-21-6-2-3-7-22(21)18-20)28-15-12-23(13-16-28)30-19-24-8-4-5-17-29-24;/h2-3,6-7,9-10,18,23-24H,4-5,8,11-17,19H2,1H3,(H,26,27);1H. The summed E-state index contributed by atoms with van der Waals surface area (Å²) in [5.74, 6) is 1.00. The number of nitrogens with one attached hydrogen (secondary N) is 1. The Hall–Kier alpha value is -1.38. The Balaban J connectivity index is 0.00000272. The molecule has 170 valence electrons. The highest BCUT2D eigenvalue weighted by Crippen LogP contribution is 2.18. The van der Waals surface area contributed by atoms with Crippen molar-refractivity contribution in [2.75, 3.05) is 39.9 Å². The van der Waals surface area contributed by atoms with Gasteiger partial charge in [-0.05, 0) is 54.9 Å². The monoisotopic (exact) mass is 537 g/mol. The zero-order valence-corrected chi connectivity index (χ0v) is 20.9. The second-order valence-corrected chi connectivity index (χ2v) is 8.41. The Labute approximate surface area is 203 Å². The molecule has 6 heteroatoms. The lowest BCUT2D eigenvalue weighted by atomic mass is 10.1. The molecule has 0 bridgehead atoms. The molecule has 2 aliphatic rings. The maximum Gasteiger partial charge on any atom is 0.193 e. The molecule has 0 radical (unpaired) electrons. The van der Waals surface area contributed by atoms with E-state index in [2.05, 4.69) is 57.7 Å². The molecule has 1 N–H and O–H groups in total. The van der Waals surface area contributed by atoms with Crippen LogP contribution in [0.15, 0.2) is 47.5 Å². The van der Waals surface area contributed by atoms with Crippen molar-refractivity contribution in [1.29, 1.82) is 0 Å². The van der Waals surface area contributed by atoms with Crippen LogP contribution in [0.3, 0.4) is 0 Å². The molecular formula is C25H36IN3O2. The second kappa shape index (κ2) is 12.6. The minimum Gasteiger partial charge on any atom is -0.376 e. The smallest absolute Gasteiger partial charge is 0.193 e. The van der Waals surface area contributed by atoms with Crippen LogP contribution in [-0.4, -0.2) is 63.0 Å². The maximum atomic E-state index is 6.15. The van der Waals surface area contributed by atoms with Gasteiger partial charge in [0.1, 0.15) is 0 Å². The minimum atomic E-state index is 0. The van der Waals surface area contributed by atoms with Crippen molar-refractivity contribution < 1.29 is 9.47 Å². The van der Waals surface area contributed by atoms with E-state index >= 15 is 0 Å². The van der Waals surface area contributed by atoms with Gasteiger partial charge in [-0.2, -0.15) is 0 Å². The van der Waals surface area contributed by atoms with E-state index in [0.29, 0.717) is 12.2 Å². The molecule has 2 aliphatic heterocycles. The minimum absolute atomic E-state index is 0. The number of benzene rings is 2. The Morgan fingerprint density at radius 3 is 2.65 bits per heavy atom. The highest BCUT2D eigenvalue weighted by Gasteiger charge is 2.23. The number of guanidine groups is 1. The van der Waals surface area contributed by atoms with Gasteiger partial charge in [0.15, 0.2) is 5.96 Å². The van der Waals surface area contributed by atoms with Crippen molar-refractivity contribution in [1.82, 2.24) is 10.2 Å². The van der Waals surface area contributed by atoms with Crippen LogP contribution in [-0.2, 0) is 15.9 Å². The number of hydrogen-bond donors (Lipinski definition) is 1. The molecule has 4 rings (SSSR count). The zero-order chi connectivity index (χ0) is 20.6. The number of halogens is 1. The molecule has 1 atom stereocenters. The van der Waals surface area contributed by atoms with Crippen molar-refractivity contribution in [2.24, 2.45) is 4.99 Å². The fourth-order valence-electron chi connectivity index (χ4n) is 4.46. The van der Waals surface area contributed by atoms with E-state index in [9.17, 15) is 0 Å². The van der Waals surface area contributed by atoms with Gasteiger partial charge in [-0.1, -0.05) is 42.5 Å². The van der Waals surface area contributed by atoms with Gasteiger partial charge in [-0.25, -0.2) is 0 Å². The van der Waals surface area contributed by atoms with Crippen LogP contribution in [0.4, 0.5) is 0 Å². The molecule has 2 aromatic carbocycles. The van der Waals surface area contributed by atoms with Crippen LogP contribution in [0, 0.1) is 0 Å². The van der Waals surface area contributed by atoms with Gasteiger partial charge in [-0.3, -0.25) is 4.99 Å². The van der Waals surface area contributed by atoms with Gasteiger partial charge in [0.2, 0.25) is 0 Å². The summed E-state index contributed by atoms with van der Waals surface area (Å²) in [5.41, 5.74) is 1.36. The third-order valence-corrected chi connectivity index (χ3v) is 6.26. The molecule has 2 aromatic rings. The number of fused-ring (bicyclic) bond motifs is 1. The summed E-state index contributed by atoms with van der Waals surface area (Å²) in [6.07, 6.45) is 7.37. The molecule has 0 spiro atoms. The second-order valence-electron chi connectivity index (χ2n) is 8.41. The fraction of sp³-hybridized carbons (Fsp3) is 0.560. The lowest BCUT2D eigenvalue weighted by Crippen LogP contribution is -2.47. The first-order valence-corrected chi connectivity index (χ1v) is 11.5. The van der Waals surface area contributed by atoms with Gasteiger partial charge in [0, 0.05) is 33.3 Å². The highest BCUT2D eigenvalue weighted by molar-refractivity contribution is 14.0. The molecular weight excluding hydrogens is 501 g/mol. The van der Waals surface area contributed by atoms with Gasteiger partial charge in [0.05, 0.1) is 18.8 Å². The Kier molecular flexibility index (Phi) is 9.87. The summed E-state index contributed by atoms with van der Waals surface area (Å²) in [5, 5.41) is 6.15. The Bertz CT molecular complexity index is 830. The topological polar surface area (TPSA) is 46.1 Å². The molecule has 0 saturated carbocycles. The largest absolute Gasteiger partial charge is 0.376 e. The highest BCUT2D eigenvalue weighted by atomic mass is 127. The number of piperidine rings is 1. The van der Waals surface area contributed by atoms with E-state index in [4.69, 9.17) is 9.47 Å². The maximum absolute atomic E-state index is 6.15. The quantitative estimate of drug-likeness (QED) is 0.332. The van der Waals surface area contributed by atoms with Gasteiger partial charge < -0.3 is 19.7 Å². The van der Waals surface area contributed by atoms with Crippen molar-refractivity contribution in [3.63, 3.8) is 0 Å². The van der Waals surface area contributed by atoms with Crippen molar-refractivity contribution >= 4 is 40.7 Å². The molecule has 2 heterocycles. The summed E-state index contributed by atoms with van der Waals surface area (Å²) in [6, 6.07) is 15.3. The number of nitrogens with zero attached hydrogens (tertiary/aromatic N) is 2. The third kappa shape index (κ3) is 7.05. The SMILES string of the molecule is CN=C(NCCc1ccc2ccccc2c1)N1CCC(OCC2CCCCO2)CC1.I. The zero-order valence-electron chi connectivity index (χ0n) is 18.6. The van der Waals surface area contributed by atoms with Gasteiger partial charge in [0.25, 0.3) is 0 Å². The average Bonchev–Trinajstić information content (AvgIpc) is 2.81. The van der Waals surface area contributed by atoms with E-state index < -0.39 is 0 Å². The lowest BCUT2D eigenvalue weighted by molar-refractivity contribution is -0.0721. The molecule has 2 saturated heterocycles. The van der Waals surface area contributed by atoms with Crippen molar-refractivity contribution in [3.8, 4) is 0 Å². The van der Waals surface area contributed by atoms with Crippen LogP contribution in [0.25, 0.3) is 10.8 Å². The van der Waals surface area contributed by atoms with E-state index in [0.717, 1.165) is 64.5 Å². The number of hydrogen-bond acceptors (Lipinski definition) is 3. The first-order chi connectivity index (χ1) is 14.8. The normalized spacial score (nSPS) is 20.5. The number of rotatable bonds is 6. The van der Waals surface area contributed by atoms with Gasteiger partial charge in [-0.15, -0.1) is 24.0 Å². The first-order valence-electron chi connectivity index (χ1n) is 11.5. The summed E-state index contributed by atoms with van der Waals surface area (Å²) in [7, 11) is 1.88. The number of likely N-dealkylation sites (tertiary alicyclic amines) is 1. The summed E-state index contributed by atoms with van der Waals surface area (Å²) in [6.45, 7) is 4.52. The predicted octanol–water partition coefficient (Wildman–Crippen LogP) is 4.63. The van der Waals surface area contributed by atoms with E-state index in [1.165, 1.54) is 29.2 Å². The van der Waals surface area contributed by atoms with E-state index in [1.54, 1.807) is 0 Å². The van der Waals surface area contributed by atoms with Crippen LogP contribution in [0.5, 0.6) is 0 Å². The first kappa shape index (κ1) is 24.3. The molecule has 0 aromatic heterocycles.